The lowest BCUT2D eigenvalue weighted by molar-refractivity contribution is -0.134. The average Bonchev–Trinajstić information content (AvgIpc) is 2.22. The highest BCUT2D eigenvalue weighted by molar-refractivity contribution is 5.09. The van der Waals surface area contributed by atoms with Crippen molar-refractivity contribution in [3.8, 4) is 0 Å². The lowest BCUT2D eigenvalue weighted by Crippen LogP contribution is -2.41. The van der Waals surface area contributed by atoms with Gasteiger partial charge in [0.25, 0.3) is 0 Å². The maximum Gasteiger partial charge on any atom is 0.104 e. The first-order chi connectivity index (χ1) is 6.38. The highest BCUT2D eigenvalue weighted by atomic mass is 16.6. The van der Waals surface area contributed by atoms with E-state index in [1.807, 2.05) is 13.8 Å². The van der Waals surface area contributed by atoms with Crippen LogP contribution in [0, 0.1) is 0 Å². The molecule has 2 heteroatoms. The summed E-state index contributed by atoms with van der Waals surface area (Å²) in [5.41, 5.74) is 1.22. The van der Waals surface area contributed by atoms with Crippen LogP contribution in [-0.4, -0.2) is 25.4 Å². The molecular weight excluding hydrogens is 164 g/mol. The minimum absolute atomic E-state index is 0.206. The van der Waals surface area contributed by atoms with Crippen molar-refractivity contribution in [2.75, 3.05) is 13.2 Å². The van der Waals surface area contributed by atoms with Gasteiger partial charge in [-0.05, 0) is 24.8 Å². The molecule has 2 rings (SSSR count). The minimum Gasteiger partial charge on any atom is -0.373 e. The van der Waals surface area contributed by atoms with Crippen molar-refractivity contribution in [2.24, 2.45) is 0 Å². The van der Waals surface area contributed by atoms with Crippen LogP contribution in [0.3, 0.4) is 0 Å². The molecule has 2 atom stereocenters. The molecule has 0 amide bonds. The van der Waals surface area contributed by atoms with E-state index >= 15 is 0 Å². The van der Waals surface area contributed by atoms with Crippen LogP contribution in [0.15, 0.2) is 12.2 Å². The maximum atomic E-state index is 5.57. The summed E-state index contributed by atoms with van der Waals surface area (Å²) < 4.78 is 11.1. The summed E-state index contributed by atoms with van der Waals surface area (Å²) in [4.78, 5) is 0. The third-order valence-electron chi connectivity index (χ3n) is 2.44. The van der Waals surface area contributed by atoms with E-state index < -0.39 is 0 Å². The van der Waals surface area contributed by atoms with Gasteiger partial charge in [-0.15, -0.1) is 0 Å². The van der Waals surface area contributed by atoms with Crippen molar-refractivity contribution in [1.29, 1.82) is 0 Å². The van der Waals surface area contributed by atoms with E-state index in [4.69, 9.17) is 9.47 Å². The predicted octanol–water partition coefficient (Wildman–Crippen LogP) is 2.54. The second-order valence-corrected chi connectivity index (χ2v) is 3.25. The molecule has 0 aromatic carbocycles. The zero-order valence-electron chi connectivity index (χ0n) is 8.71. The molecule has 0 bridgehead atoms. The Morgan fingerprint density at radius 3 is 2.62 bits per heavy atom. The highest BCUT2D eigenvalue weighted by Crippen LogP contribution is 2.29. The van der Waals surface area contributed by atoms with E-state index in [0.717, 1.165) is 26.1 Å². The van der Waals surface area contributed by atoms with Crippen LogP contribution >= 0.6 is 0 Å². The molecule has 0 aromatic rings. The summed E-state index contributed by atoms with van der Waals surface area (Å²) in [6.07, 6.45) is 3.99. The molecule has 2 fully saturated rings. The molecule has 1 heterocycles. The van der Waals surface area contributed by atoms with Gasteiger partial charge in [-0.2, -0.15) is 0 Å². The molecule has 2 nitrogen and oxygen atoms in total. The Bertz CT molecular complexity index is 163. The summed E-state index contributed by atoms with van der Waals surface area (Å²) >= 11 is 0. The Balaban J connectivity index is 0.000000396. The molecule has 0 N–H and O–H groups in total. The molecule has 1 aliphatic heterocycles. The van der Waals surface area contributed by atoms with Crippen LogP contribution in [0.4, 0.5) is 0 Å². The minimum atomic E-state index is 0.206. The Hall–Kier alpha value is -0.340. The van der Waals surface area contributed by atoms with E-state index in [-0.39, 0.29) is 6.10 Å². The van der Waals surface area contributed by atoms with Crippen LogP contribution in [0.5, 0.6) is 0 Å². The molecular formula is C11H20O2. The van der Waals surface area contributed by atoms with E-state index in [1.165, 1.54) is 12.0 Å². The van der Waals surface area contributed by atoms with E-state index in [9.17, 15) is 0 Å². The molecule has 76 valence electrons. The largest absolute Gasteiger partial charge is 0.373 e. The molecule has 1 saturated carbocycles. The molecule has 0 spiro atoms. The van der Waals surface area contributed by atoms with Crippen molar-refractivity contribution >= 4 is 0 Å². The van der Waals surface area contributed by atoms with Gasteiger partial charge in [0.15, 0.2) is 0 Å². The van der Waals surface area contributed by atoms with Gasteiger partial charge >= 0.3 is 0 Å². The molecule has 1 saturated heterocycles. The number of hydrogen-bond donors (Lipinski definition) is 0. The van der Waals surface area contributed by atoms with Crippen LogP contribution in [0.2, 0.25) is 0 Å². The van der Waals surface area contributed by atoms with Crippen LogP contribution in [0.25, 0.3) is 0 Å². The highest BCUT2D eigenvalue weighted by Gasteiger charge is 2.31. The molecule has 2 unspecified atom stereocenters. The topological polar surface area (TPSA) is 18.5 Å². The number of rotatable bonds is 0. The van der Waals surface area contributed by atoms with Gasteiger partial charge in [0.1, 0.15) is 6.10 Å². The van der Waals surface area contributed by atoms with Crippen LogP contribution < -0.4 is 0 Å². The van der Waals surface area contributed by atoms with Gasteiger partial charge in [0.2, 0.25) is 0 Å². The molecule has 13 heavy (non-hydrogen) atoms. The average molecular weight is 184 g/mol. The summed E-state index contributed by atoms with van der Waals surface area (Å²) in [7, 11) is 0. The van der Waals surface area contributed by atoms with Gasteiger partial charge in [-0.1, -0.05) is 20.4 Å². The van der Waals surface area contributed by atoms with E-state index in [1.54, 1.807) is 0 Å². The molecule has 0 aromatic heterocycles. The summed E-state index contributed by atoms with van der Waals surface area (Å²) in [6.45, 7) is 9.49. The van der Waals surface area contributed by atoms with Gasteiger partial charge in [-0.25, -0.2) is 0 Å². The Labute approximate surface area is 80.9 Å². The second-order valence-electron chi connectivity index (χ2n) is 3.25. The van der Waals surface area contributed by atoms with Crippen LogP contribution in [-0.2, 0) is 9.47 Å². The van der Waals surface area contributed by atoms with Crippen molar-refractivity contribution in [3.63, 3.8) is 0 Å². The lowest BCUT2D eigenvalue weighted by atomic mass is 9.90. The Kier molecular flexibility index (Phi) is 4.46. The first kappa shape index (κ1) is 10.7. The predicted molar refractivity (Wildman–Crippen MR) is 53.8 cm³/mol. The standard InChI is InChI=1S/C9H14O2.C2H6/c1-7-3-2-4-8-9(7)11-6-5-10-8;1-2/h8-9H,1-6H2;1-2H3. The first-order valence-electron chi connectivity index (χ1n) is 5.29. The maximum absolute atomic E-state index is 5.57. The van der Waals surface area contributed by atoms with Crippen molar-refractivity contribution in [1.82, 2.24) is 0 Å². The lowest BCUT2D eigenvalue weighted by Gasteiger charge is -2.36. The van der Waals surface area contributed by atoms with Gasteiger partial charge in [0, 0.05) is 0 Å². The number of fused-ring (bicyclic) bond motifs is 1. The number of ether oxygens (including phenoxy) is 2. The monoisotopic (exact) mass is 184 g/mol. The third-order valence-corrected chi connectivity index (χ3v) is 2.44. The summed E-state index contributed by atoms with van der Waals surface area (Å²) in [5.74, 6) is 0. The molecule has 1 aliphatic carbocycles. The summed E-state index contributed by atoms with van der Waals surface area (Å²) in [6, 6.07) is 0. The number of hydrogen-bond acceptors (Lipinski definition) is 2. The second kappa shape index (κ2) is 5.40. The fourth-order valence-electron chi connectivity index (χ4n) is 1.86. The van der Waals surface area contributed by atoms with Gasteiger partial charge in [0.05, 0.1) is 19.3 Å². The van der Waals surface area contributed by atoms with Gasteiger partial charge < -0.3 is 9.47 Å². The van der Waals surface area contributed by atoms with Crippen molar-refractivity contribution in [2.45, 2.75) is 45.3 Å². The third kappa shape index (κ3) is 2.55. The first-order valence-corrected chi connectivity index (χ1v) is 5.29. The zero-order valence-corrected chi connectivity index (χ0v) is 8.71. The van der Waals surface area contributed by atoms with E-state index in [0.29, 0.717) is 6.10 Å². The van der Waals surface area contributed by atoms with Crippen molar-refractivity contribution < 1.29 is 9.47 Å². The fourth-order valence-corrected chi connectivity index (χ4v) is 1.86. The smallest absolute Gasteiger partial charge is 0.104 e. The van der Waals surface area contributed by atoms with Gasteiger partial charge in [-0.3, -0.25) is 0 Å². The Morgan fingerprint density at radius 2 is 1.92 bits per heavy atom. The fraction of sp³-hybridized carbons (Fsp3) is 0.818. The van der Waals surface area contributed by atoms with E-state index in [2.05, 4.69) is 6.58 Å². The molecule has 2 aliphatic rings. The molecule has 0 radical (unpaired) electrons. The summed E-state index contributed by atoms with van der Waals surface area (Å²) in [5, 5.41) is 0. The SMILES string of the molecule is C=C1CCCC2OCCOC12.CC. The van der Waals surface area contributed by atoms with Crippen LogP contribution in [0.1, 0.15) is 33.1 Å². The quantitative estimate of drug-likeness (QED) is 0.539. The Morgan fingerprint density at radius 1 is 1.23 bits per heavy atom. The zero-order chi connectivity index (χ0) is 9.68. The van der Waals surface area contributed by atoms with Crippen molar-refractivity contribution in [3.05, 3.63) is 12.2 Å². The normalized spacial score (nSPS) is 32.9.